The molecule has 0 saturated carbocycles. The molecule has 0 radical (unpaired) electrons. The summed E-state index contributed by atoms with van der Waals surface area (Å²) in [6.45, 7) is 4.18. The molecular weight excluding hydrogens is 334 g/mol. The number of aryl methyl sites for hydroxylation is 1. The van der Waals surface area contributed by atoms with Crippen LogP contribution in [-0.2, 0) is 6.42 Å². The number of anilines is 1. The smallest absolute Gasteiger partial charge is 0.321 e. The van der Waals surface area contributed by atoms with Crippen LogP contribution >= 0.6 is 0 Å². The first-order valence-electron chi connectivity index (χ1n) is 8.41. The number of amides is 2. The molecule has 1 aliphatic rings. The minimum absolute atomic E-state index is 0.0238. The summed E-state index contributed by atoms with van der Waals surface area (Å²) in [5.41, 5.74) is 2.65. The van der Waals surface area contributed by atoms with Gasteiger partial charge in [0.2, 0.25) is 6.79 Å². The molecule has 0 bridgehead atoms. The van der Waals surface area contributed by atoms with Gasteiger partial charge in [0.25, 0.3) is 0 Å². The van der Waals surface area contributed by atoms with Crippen LogP contribution in [0, 0.1) is 6.92 Å². The molecule has 0 saturated heterocycles. The summed E-state index contributed by atoms with van der Waals surface area (Å²) >= 11 is 0. The normalized spacial score (nSPS) is 13.2. The van der Waals surface area contributed by atoms with Crippen LogP contribution in [0.3, 0.4) is 0 Å². The Morgan fingerprint density at radius 3 is 2.77 bits per heavy atom. The molecule has 1 unspecified atom stereocenters. The van der Waals surface area contributed by atoms with Crippen molar-refractivity contribution < 1.29 is 19.0 Å². The number of nitrogens with zero attached hydrogens (tertiary/aromatic N) is 2. The highest BCUT2D eigenvalue weighted by Crippen LogP contribution is 2.40. The van der Waals surface area contributed by atoms with Gasteiger partial charge >= 0.3 is 6.03 Å². The number of aromatic nitrogens is 1. The lowest BCUT2D eigenvalue weighted by atomic mass is 10.1. The number of carbonyl (C=O) groups is 1. The molecule has 1 N–H and O–H groups in total. The third kappa shape index (κ3) is 3.82. The van der Waals surface area contributed by atoms with E-state index in [4.69, 9.17) is 14.2 Å². The number of benzene rings is 1. The summed E-state index contributed by atoms with van der Waals surface area (Å²) in [6, 6.07) is 7.14. The van der Waals surface area contributed by atoms with E-state index < -0.39 is 0 Å². The second-order valence-electron chi connectivity index (χ2n) is 6.32. The highest BCUT2D eigenvalue weighted by Gasteiger charge is 2.22. The largest absolute Gasteiger partial charge is 0.494 e. The Morgan fingerprint density at radius 1 is 1.35 bits per heavy atom. The Morgan fingerprint density at radius 2 is 2.08 bits per heavy atom. The van der Waals surface area contributed by atoms with Crippen molar-refractivity contribution >= 4 is 11.7 Å². The topological polar surface area (TPSA) is 72.9 Å². The third-order valence-corrected chi connectivity index (χ3v) is 4.39. The number of methoxy groups -OCH3 is 1. The number of urea groups is 1. The summed E-state index contributed by atoms with van der Waals surface area (Å²) in [6.07, 6.45) is 2.46. The Balaban J connectivity index is 1.69. The fraction of sp³-hybridized carbons (Fsp3) is 0.368. The van der Waals surface area contributed by atoms with E-state index >= 15 is 0 Å². The lowest BCUT2D eigenvalue weighted by Crippen LogP contribution is -2.39. The van der Waals surface area contributed by atoms with Gasteiger partial charge < -0.3 is 24.4 Å². The van der Waals surface area contributed by atoms with Gasteiger partial charge in [-0.05, 0) is 31.5 Å². The van der Waals surface area contributed by atoms with E-state index in [0.717, 1.165) is 11.3 Å². The van der Waals surface area contributed by atoms with Gasteiger partial charge in [0.05, 0.1) is 12.8 Å². The highest BCUT2D eigenvalue weighted by atomic mass is 16.7. The van der Waals surface area contributed by atoms with E-state index in [1.807, 2.05) is 26.0 Å². The van der Waals surface area contributed by atoms with Gasteiger partial charge in [-0.15, -0.1) is 0 Å². The zero-order valence-electron chi connectivity index (χ0n) is 15.4. The maximum Gasteiger partial charge on any atom is 0.321 e. The van der Waals surface area contributed by atoms with Gasteiger partial charge in [0, 0.05) is 43.5 Å². The summed E-state index contributed by atoms with van der Waals surface area (Å²) in [4.78, 5) is 18.7. The number of carbonyl (C=O) groups excluding carboxylic acids is 1. The molecule has 3 rings (SSSR count). The second-order valence-corrected chi connectivity index (χ2v) is 6.32. The Labute approximate surface area is 152 Å². The maximum atomic E-state index is 12.6. The van der Waals surface area contributed by atoms with Crippen LogP contribution < -0.4 is 19.5 Å². The number of rotatable bonds is 5. The molecule has 2 heterocycles. The first kappa shape index (κ1) is 17.8. The van der Waals surface area contributed by atoms with Crippen molar-refractivity contribution in [1.82, 2.24) is 9.88 Å². The number of hydrogen-bond donors (Lipinski definition) is 1. The molecule has 1 atom stereocenters. The van der Waals surface area contributed by atoms with Crippen LogP contribution in [-0.4, -0.2) is 42.9 Å². The highest BCUT2D eigenvalue weighted by molar-refractivity contribution is 5.91. The molecule has 0 fully saturated rings. The van der Waals surface area contributed by atoms with E-state index in [-0.39, 0.29) is 18.9 Å². The zero-order valence-corrected chi connectivity index (χ0v) is 15.4. The van der Waals surface area contributed by atoms with Crippen LogP contribution in [0.2, 0.25) is 0 Å². The van der Waals surface area contributed by atoms with Crippen LogP contribution in [0.25, 0.3) is 0 Å². The summed E-state index contributed by atoms with van der Waals surface area (Å²) in [5.74, 6) is 1.71. The van der Waals surface area contributed by atoms with Crippen molar-refractivity contribution in [2.45, 2.75) is 26.3 Å². The fourth-order valence-corrected chi connectivity index (χ4v) is 2.74. The summed E-state index contributed by atoms with van der Waals surface area (Å²) in [5, 5.41) is 2.88. The van der Waals surface area contributed by atoms with Gasteiger partial charge in [-0.3, -0.25) is 4.98 Å². The van der Waals surface area contributed by atoms with Crippen molar-refractivity contribution in [3.63, 3.8) is 0 Å². The summed E-state index contributed by atoms with van der Waals surface area (Å²) in [7, 11) is 3.30. The van der Waals surface area contributed by atoms with E-state index in [0.29, 0.717) is 29.4 Å². The van der Waals surface area contributed by atoms with Crippen molar-refractivity contribution in [2.24, 2.45) is 0 Å². The first-order chi connectivity index (χ1) is 12.5. The van der Waals surface area contributed by atoms with Gasteiger partial charge in [0.1, 0.15) is 5.75 Å². The molecule has 0 aliphatic carbocycles. The fourth-order valence-electron chi connectivity index (χ4n) is 2.74. The number of nitrogens with one attached hydrogen (secondary N) is 1. The number of fused-ring (bicyclic) bond motifs is 1. The maximum absolute atomic E-state index is 12.6. The summed E-state index contributed by atoms with van der Waals surface area (Å²) < 4.78 is 16.0. The molecule has 26 heavy (non-hydrogen) atoms. The second kappa shape index (κ2) is 7.51. The molecule has 0 spiro atoms. The minimum Gasteiger partial charge on any atom is -0.494 e. The number of hydrogen-bond acceptors (Lipinski definition) is 5. The first-order valence-corrected chi connectivity index (χ1v) is 8.41. The van der Waals surface area contributed by atoms with Gasteiger partial charge in [0.15, 0.2) is 11.5 Å². The zero-order chi connectivity index (χ0) is 18.7. The van der Waals surface area contributed by atoms with Crippen LogP contribution in [0.15, 0.2) is 30.5 Å². The van der Waals surface area contributed by atoms with Crippen LogP contribution in [0.5, 0.6) is 17.2 Å². The molecule has 2 aromatic rings. The number of pyridine rings is 1. The van der Waals surface area contributed by atoms with Crippen molar-refractivity contribution in [3.8, 4) is 17.2 Å². The predicted molar refractivity (Wildman–Crippen MR) is 98.0 cm³/mol. The average Bonchev–Trinajstić information content (AvgIpc) is 3.07. The van der Waals surface area contributed by atoms with Crippen LogP contribution in [0.4, 0.5) is 10.5 Å². The van der Waals surface area contributed by atoms with Crippen molar-refractivity contribution in [1.29, 1.82) is 0 Å². The molecule has 7 nitrogen and oxygen atoms in total. The van der Waals surface area contributed by atoms with E-state index in [2.05, 4.69) is 10.3 Å². The molecular formula is C19H23N3O4. The average molecular weight is 357 g/mol. The van der Waals surface area contributed by atoms with Crippen molar-refractivity contribution in [2.75, 3.05) is 26.3 Å². The lowest BCUT2D eigenvalue weighted by molar-refractivity contribution is 0.174. The molecule has 1 aromatic carbocycles. The number of likely N-dealkylation sites (N-methyl/N-ethyl adjacent to an activating group) is 1. The van der Waals surface area contributed by atoms with Gasteiger partial charge in [-0.2, -0.15) is 0 Å². The van der Waals surface area contributed by atoms with E-state index in [1.54, 1.807) is 37.4 Å². The Kier molecular flexibility index (Phi) is 5.16. The Bertz CT molecular complexity index is 809. The predicted octanol–water partition coefficient (Wildman–Crippen LogP) is 3.22. The molecule has 1 aliphatic heterocycles. The lowest BCUT2D eigenvalue weighted by Gasteiger charge is -2.25. The molecule has 138 valence electrons. The molecule has 7 heteroatoms. The van der Waals surface area contributed by atoms with Gasteiger partial charge in [-0.1, -0.05) is 0 Å². The van der Waals surface area contributed by atoms with Gasteiger partial charge in [-0.25, -0.2) is 4.79 Å². The standard InChI is InChI=1S/C19H23N3O4/c1-12-5-6-20-14(7-12)8-13(2)22(3)19(23)21-15-9-17-18(26-11-25-17)10-16(15)24-4/h5-7,9-10,13H,8,11H2,1-4H3,(H,21,23). The SMILES string of the molecule is COc1cc2c(cc1NC(=O)N(C)C(C)Cc1cc(C)ccn1)OCO2. The Hall–Kier alpha value is -2.96. The minimum atomic E-state index is -0.234. The van der Waals surface area contributed by atoms with E-state index in [9.17, 15) is 4.79 Å². The van der Waals surface area contributed by atoms with Crippen molar-refractivity contribution in [3.05, 3.63) is 41.7 Å². The van der Waals surface area contributed by atoms with E-state index in [1.165, 1.54) is 0 Å². The quantitative estimate of drug-likeness (QED) is 0.889. The third-order valence-electron chi connectivity index (χ3n) is 4.39. The number of ether oxygens (including phenoxy) is 3. The molecule has 2 amide bonds. The van der Waals surface area contributed by atoms with Crippen LogP contribution in [0.1, 0.15) is 18.2 Å². The monoisotopic (exact) mass is 357 g/mol. The molecule has 1 aromatic heterocycles.